The molecule has 7 heteroatoms. The second-order valence-electron chi connectivity index (χ2n) is 12.5. The predicted molar refractivity (Wildman–Crippen MR) is 216 cm³/mol. The molecule has 50 heavy (non-hydrogen) atoms. The summed E-state index contributed by atoms with van der Waals surface area (Å²) in [6.07, 6.45) is 55.1. The van der Waals surface area contributed by atoms with Gasteiger partial charge < -0.3 is 10.4 Å². The van der Waals surface area contributed by atoms with Gasteiger partial charge in [0.05, 0.1) is 17.9 Å². The number of aliphatic hydroxyl groups excluding tert-OH is 1. The molecule has 3 N–H and O–H groups in total. The van der Waals surface area contributed by atoms with Crippen molar-refractivity contribution in [3.05, 3.63) is 109 Å². The number of amides is 1. The highest BCUT2D eigenvalue weighted by Crippen LogP contribution is 2.09. The molecular formula is C43H69NO5S. The standard InChI is InChI=1S/C43H69NO5S/c1-3-5-7-9-11-13-15-17-18-19-20-21-22-23-24-25-26-27-29-31-33-35-37-39-43(46)44-41(40-50(47,48)49)42(45)38-36-34-32-30-28-16-14-12-10-8-6-4-2/h5,7,11,13,17-18,20-21,23-24,26-28,30-31,33,36,38,41-42,45H,3-4,6,8-10,12,14-16,19,22,25,29,32,34-35,37,39-40H2,1-2H3,(H,44,46)(H,47,48,49)/b7-5-,13-11-,18-17-,21-20-,24-23-,27-26-,30-28+,33-31-,38-36+. The Morgan fingerprint density at radius 1 is 0.560 bits per heavy atom. The highest BCUT2D eigenvalue weighted by molar-refractivity contribution is 7.85. The summed E-state index contributed by atoms with van der Waals surface area (Å²) in [6, 6.07) is -1.11. The number of hydrogen-bond acceptors (Lipinski definition) is 4. The maximum absolute atomic E-state index is 12.5. The highest BCUT2D eigenvalue weighted by Gasteiger charge is 2.24. The summed E-state index contributed by atoms with van der Waals surface area (Å²) in [5, 5.41) is 13.1. The van der Waals surface area contributed by atoms with Crippen LogP contribution in [-0.2, 0) is 14.9 Å². The van der Waals surface area contributed by atoms with Gasteiger partial charge in [0, 0.05) is 6.42 Å². The van der Waals surface area contributed by atoms with E-state index in [1.54, 1.807) is 6.08 Å². The lowest BCUT2D eigenvalue weighted by molar-refractivity contribution is -0.122. The summed E-state index contributed by atoms with van der Waals surface area (Å²) in [7, 11) is -4.38. The van der Waals surface area contributed by atoms with Crippen LogP contribution in [0.4, 0.5) is 0 Å². The maximum atomic E-state index is 12.5. The second-order valence-corrected chi connectivity index (χ2v) is 14.0. The van der Waals surface area contributed by atoms with Crippen molar-refractivity contribution in [2.24, 2.45) is 0 Å². The number of unbranched alkanes of at least 4 members (excludes halogenated alkanes) is 8. The van der Waals surface area contributed by atoms with Crippen LogP contribution in [0.2, 0.25) is 0 Å². The van der Waals surface area contributed by atoms with E-state index in [2.05, 4.69) is 110 Å². The molecule has 0 aliphatic rings. The van der Waals surface area contributed by atoms with Gasteiger partial charge in [-0.1, -0.05) is 155 Å². The molecule has 0 aromatic rings. The number of carbonyl (C=O) groups is 1. The third kappa shape index (κ3) is 36.3. The van der Waals surface area contributed by atoms with E-state index in [0.717, 1.165) is 57.8 Å². The average molecular weight is 712 g/mol. The van der Waals surface area contributed by atoms with Crippen molar-refractivity contribution in [3.63, 3.8) is 0 Å². The first-order valence-electron chi connectivity index (χ1n) is 19.1. The molecule has 0 aromatic carbocycles. The van der Waals surface area contributed by atoms with Gasteiger partial charge in [-0.25, -0.2) is 0 Å². The Labute approximate surface area is 306 Å². The minimum atomic E-state index is -4.38. The summed E-state index contributed by atoms with van der Waals surface area (Å²) in [5.74, 6) is -1.09. The van der Waals surface area contributed by atoms with Gasteiger partial charge in [-0.15, -0.1) is 0 Å². The van der Waals surface area contributed by atoms with E-state index in [4.69, 9.17) is 0 Å². The topological polar surface area (TPSA) is 104 Å². The minimum absolute atomic E-state index is 0.200. The molecule has 0 bridgehead atoms. The number of hydrogen-bond donors (Lipinski definition) is 3. The Hall–Kier alpha value is -3.00. The molecule has 0 heterocycles. The molecule has 0 aromatic heterocycles. The lowest BCUT2D eigenvalue weighted by Gasteiger charge is -2.21. The van der Waals surface area contributed by atoms with Crippen molar-refractivity contribution in [1.29, 1.82) is 0 Å². The van der Waals surface area contributed by atoms with Gasteiger partial charge in [0.2, 0.25) is 5.91 Å². The van der Waals surface area contributed by atoms with Crippen molar-refractivity contribution >= 4 is 16.0 Å². The lowest BCUT2D eigenvalue weighted by atomic mass is 10.1. The molecule has 0 saturated heterocycles. The number of allylic oxidation sites excluding steroid dienone is 17. The molecule has 0 spiro atoms. The zero-order chi connectivity index (χ0) is 36.8. The molecule has 0 aliphatic heterocycles. The Morgan fingerprint density at radius 3 is 1.50 bits per heavy atom. The minimum Gasteiger partial charge on any atom is -0.387 e. The zero-order valence-corrected chi connectivity index (χ0v) is 32.0. The zero-order valence-electron chi connectivity index (χ0n) is 31.2. The Kier molecular flexibility index (Phi) is 33.7. The molecular weight excluding hydrogens is 643 g/mol. The summed E-state index contributed by atoms with van der Waals surface area (Å²) in [5.41, 5.74) is 0. The van der Waals surface area contributed by atoms with Crippen LogP contribution in [0.25, 0.3) is 0 Å². The monoisotopic (exact) mass is 711 g/mol. The van der Waals surface area contributed by atoms with Crippen molar-refractivity contribution in [1.82, 2.24) is 5.32 Å². The molecule has 0 rings (SSSR count). The SMILES string of the molecule is CC/C=C\C/C=C\C/C=C\C/C=C\C/C=C\C/C=C\C/C=C\CCCC(=O)NC(CS(=O)(=O)O)C(O)/C=C/CC/C=C/CCCCCCCC. The highest BCUT2D eigenvalue weighted by atomic mass is 32.2. The third-order valence-electron chi connectivity index (χ3n) is 7.68. The largest absolute Gasteiger partial charge is 0.387 e. The molecule has 282 valence electrons. The predicted octanol–water partition coefficient (Wildman–Crippen LogP) is 11.2. The van der Waals surface area contributed by atoms with E-state index >= 15 is 0 Å². The second kappa shape index (κ2) is 35.8. The molecule has 0 radical (unpaired) electrons. The molecule has 6 nitrogen and oxygen atoms in total. The van der Waals surface area contributed by atoms with E-state index in [9.17, 15) is 22.9 Å². The van der Waals surface area contributed by atoms with Gasteiger partial charge in [0.25, 0.3) is 10.1 Å². The fourth-order valence-electron chi connectivity index (χ4n) is 4.86. The summed E-state index contributed by atoms with van der Waals surface area (Å²) >= 11 is 0. The van der Waals surface area contributed by atoms with Crippen molar-refractivity contribution in [2.45, 2.75) is 148 Å². The van der Waals surface area contributed by atoms with Crippen LogP contribution in [-0.4, -0.2) is 41.9 Å². The van der Waals surface area contributed by atoms with Crippen molar-refractivity contribution in [3.8, 4) is 0 Å². The van der Waals surface area contributed by atoms with Crippen LogP contribution in [0, 0.1) is 0 Å². The van der Waals surface area contributed by atoms with Gasteiger partial charge in [0.15, 0.2) is 0 Å². The normalized spacial score (nSPS) is 14.6. The molecule has 0 aliphatic carbocycles. The van der Waals surface area contributed by atoms with E-state index in [-0.39, 0.29) is 12.3 Å². The fraction of sp³-hybridized carbons (Fsp3) is 0.558. The number of aliphatic hydroxyl groups is 1. The summed E-state index contributed by atoms with van der Waals surface area (Å²) in [6.45, 7) is 4.37. The van der Waals surface area contributed by atoms with Crippen molar-refractivity contribution < 1.29 is 22.9 Å². The third-order valence-corrected chi connectivity index (χ3v) is 8.46. The maximum Gasteiger partial charge on any atom is 0.267 e. The van der Waals surface area contributed by atoms with Crippen LogP contribution in [0.3, 0.4) is 0 Å². The molecule has 1 amide bonds. The van der Waals surface area contributed by atoms with Gasteiger partial charge >= 0.3 is 0 Å². The Bertz CT molecular complexity index is 1190. The number of rotatable bonds is 32. The molecule has 2 atom stereocenters. The van der Waals surface area contributed by atoms with Gasteiger partial charge in [-0.05, 0) is 83.5 Å². The van der Waals surface area contributed by atoms with Crippen LogP contribution in [0.15, 0.2) is 109 Å². The Morgan fingerprint density at radius 2 is 0.980 bits per heavy atom. The molecule has 2 unspecified atom stereocenters. The first-order chi connectivity index (χ1) is 24.3. The van der Waals surface area contributed by atoms with E-state index < -0.39 is 28.0 Å². The molecule has 0 saturated carbocycles. The quantitative estimate of drug-likeness (QED) is 0.0366. The van der Waals surface area contributed by atoms with E-state index in [1.165, 1.54) is 44.6 Å². The smallest absolute Gasteiger partial charge is 0.267 e. The van der Waals surface area contributed by atoms with Crippen LogP contribution >= 0.6 is 0 Å². The fourth-order valence-corrected chi connectivity index (χ4v) is 5.60. The summed E-state index contributed by atoms with van der Waals surface area (Å²) in [4.78, 5) is 12.5. The average Bonchev–Trinajstić information content (AvgIpc) is 3.08. The van der Waals surface area contributed by atoms with Crippen LogP contribution in [0.5, 0.6) is 0 Å². The van der Waals surface area contributed by atoms with E-state index in [1.807, 2.05) is 6.08 Å². The van der Waals surface area contributed by atoms with Crippen LogP contribution in [0.1, 0.15) is 136 Å². The van der Waals surface area contributed by atoms with Gasteiger partial charge in [-0.2, -0.15) is 8.42 Å². The number of carbonyl (C=O) groups excluding carboxylic acids is 1. The lowest BCUT2D eigenvalue weighted by Crippen LogP contribution is -2.46. The first kappa shape index (κ1) is 47.0. The van der Waals surface area contributed by atoms with Crippen LogP contribution < -0.4 is 5.32 Å². The van der Waals surface area contributed by atoms with Gasteiger partial charge in [-0.3, -0.25) is 9.35 Å². The first-order valence-corrected chi connectivity index (χ1v) is 20.7. The van der Waals surface area contributed by atoms with Gasteiger partial charge in [0.1, 0.15) is 0 Å². The van der Waals surface area contributed by atoms with Crippen molar-refractivity contribution in [2.75, 3.05) is 5.75 Å². The Balaban J connectivity index is 4.15. The number of nitrogens with one attached hydrogen (secondary N) is 1. The van der Waals surface area contributed by atoms with E-state index in [0.29, 0.717) is 19.3 Å². The summed E-state index contributed by atoms with van der Waals surface area (Å²) < 4.78 is 32.3. The molecule has 0 fully saturated rings.